The number of aryl methyl sites for hydroxylation is 2. The second kappa shape index (κ2) is 5.91. The van der Waals surface area contributed by atoms with Gasteiger partial charge in [-0.3, -0.25) is 0 Å². The second-order valence-electron chi connectivity index (χ2n) is 4.08. The van der Waals surface area contributed by atoms with Crippen LogP contribution < -0.4 is 0 Å². The van der Waals surface area contributed by atoms with Crippen LogP contribution in [0.2, 0.25) is 0 Å². The van der Waals surface area contributed by atoms with Gasteiger partial charge in [-0.05, 0) is 47.7 Å². The van der Waals surface area contributed by atoms with E-state index in [2.05, 4.69) is 0 Å². The Balaban J connectivity index is 3.42. The minimum Gasteiger partial charge on any atom is -0.478 e. The Labute approximate surface area is 109 Å². The van der Waals surface area contributed by atoms with E-state index in [4.69, 9.17) is 5.11 Å². The lowest BCUT2D eigenvalue weighted by atomic mass is 9.94. The smallest absolute Gasteiger partial charge is 0.416 e. The maximum absolute atomic E-state index is 12.8. The zero-order chi connectivity index (χ0) is 14.6. The lowest BCUT2D eigenvalue weighted by Gasteiger charge is -2.15. The number of rotatable bonds is 4. The Morgan fingerprint density at radius 2 is 1.68 bits per heavy atom. The Morgan fingerprint density at radius 3 is 2.00 bits per heavy atom. The summed E-state index contributed by atoms with van der Waals surface area (Å²) in [7, 11) is 0. The Bertz CT molecular complexity index is 477. The summed E-state index contributed by atoms with van der Waals surface area (Å²) in [5.41, 5.74) is 0.891. The van der Waals surface area contributed by atoms with Crippen molar-refractivity contribution in [1.29, 1.82) is 0 Å². The molecule has 104 valence electrons. The van der Waals surface area contributed by atoms with E-state index in [0.717, 1.165) is 18.2 Å². The first-order chi connectivity index (χ1) is 8.79. The van der Waals surface area contributed by atoms with Crippen molar-refractivity contribution in [3.05, 3.63) is 40.5 Å². The number of alkyl halides is 3. The predicted molar refractivity (Wildman–Crippen MR) is 66.9 cm³/mol. The topological polar surface area (TPSA) is 37.3 Å². The average molecular weight is 272 g/mol. The minimum absolute atomic E-state index is 0.413. The molecule has 0 bridgehead atoms. The van der Waals surface area contributed by atoms with Crippen molar-refractivity contribution < 1.29 is 23.1 Å². The summed E-state index contributed by atoms with van der Waals surface area (Å²) in [5.74, 6) is -1.12. The summed E-state index contributed by atoms with van der Waals surface area (Å²) in [6.45, 7) is 3.49. The molecule has 0 saturated carbocycles. The number of benzene rings is 1. The van der Waals surface area contributed by atoms with E-state index in [1.54, 1.807) is 13.8 Å². The molecule has 1 aromatic carbocycles. The predicted octanol–water partition coefficient (Wildman–Crippen LogP) is 3.93. The van der Waals surface area contributed by atoms with E-state index in [1.807, 2.05) is 0 Å². The van der Waals surface area contributed by atoms with Crippen LogP contribution >= 0.6 is 0 Å². The first-order valence-corrected chi connectivity index (χ1v) is 5.93. The summed E-state index contributed by atoms with van der Waals surface area (Å²) < 4.78 is 38.3. The molecule has 0 unspecified atom stereocenters. The van der Waals surface area contributed by atoms with Crippen LogP contribution in [0.5, 0.6) is 0 Å². The fourth-order valence-electron chi connectivity index (χ4n) is 1.90. The van der Waals surface area contributed by atoms with E-state index in [9.17, 15) is 18.0 Å². The molecule has 1 aromatic rings. The summed E-state index contributed by atoms with van der Waals surface area (Å²) in [6.07, 6.45) is -1.25. The van der Waals surface area contributed by atoms with Gasteiger partial charge in [0, 0.05) is 6.08 Å². The Kier molecular flexibility index (Phi) is 4.75. The van der Waals surface area contributed by atoms with Gasteiger partial charge in [0.05, 0.1) is 5.56 Å². The van der Waals surface area contributed by atoms with E-state index in [0.29, 0.717) is 29.5 Å². The van der Waals surface area contributed by atoms with Crippen molar-refractivity contribution in [1.82, 2.24) is 0 Å². The number of hydrogen-bond donors (Lipinski definition) is 1. The van der Waals surface area contributed by atoms with Crippen LogP contribution in [0.15, 0.2) is 18.2 Å². The van der Waals surface area contributed by atoms with Crippen LogP contribution in [0.4, 0.5) is 13.2 Å². The van der Waals surface area contributed by atoms with Crippen molar-refractivity contribution in [2.24, 2.45) is 0 Å². The molecule has 2 nitrogen and oxygen atoms in total. The fraction of sp³-hybridized carbons (Fsp3) is 0.357. The molecule has 0 radical (unpaired) electrons. The normalized spacial score (nSPS) is 12.1. The van der Waals surface area contributed by atoms with Crippen LogP contribution in [0, 0.1) is 0 Å². The van der Waals surface area contributed by atoms with Crippen LogP contribution in [0.3, 0.4) is 0 Å². The van der Waals surface area contributed by atoms with Gasteiger partial charge < -0.3 is 5.11 Å². The molecule has 0 saturated heterocycles. The van der Waals surface area contributed by atoms with Gasteiger partial charge >= 0.3 is 12.1 Å². The van der Waals surface area contributed by atoms with E-state index < -0.39 is 17.7 Å². The maximum atomic E-state index is 12.8. The van der Waals surface area contributed by atoms with Gasteiger partial charge in [0.1, 0.15) is 0 Å². The molecule has 0 aliphatic carbocycles. The van der Waals surface area contributed by atoms with Crippen LogP contribution in [-0.4, -0.2) is 11.1 Å². The lowest BCUT2D eigenvalue weighted by Crippen LogP contribution is -2.08. The maximum Gasteiger partial charge on any atom is 0.416 e. The third-order valence-electron chi connectivity index (χ3n) is 2.83. The lowest BCUT2D eigenvalue weighted by molar-refractivity contribution is -0.137. The summed E-state index contributed by atoms with van der Waals surface area (Å²) in [5, 5.41) is 8.62. The summed E-state index contributed by atoms with van der Waals surface area (Å²) in [4.78, 5) is 10.5. The highest BCUT2D eigenvalue weighted by Crippen LogP contribution is 2.33. The Morgan fingerprint density at radius 1 is 1.21 bits per heavy atom. The molecular weight excluding hydrogens is 257 g/mol. The van der Waals surface area contributed by atoms with Gasteiger partial charge in [-0.1, -0.05) is 13.8 Å². The van der Waals surface area contributed by atoms with Gasteiger partial charge in [0.2, 0.25) is 0 Å². The molecule has 0 spiro atoms. The third kappa shape index (κ3) is 3.84. The summed E-state index contributed by atoms with van der Waals surface area (Å²) >= 11 is 0. The molecule has 0 aliphatic rings. The molecule has 1 rings (SSSR count). The molecule has 19 heavy (non-hydrogen) atoms. The molecule has 5 heteroatoms. The standard InChI is InChI=1S/C14H15F3O2/c1-3-9-7-11(14(15,16)17)8-10(4-2)12(9)5-6-13(18)19/h5-8H,3-4H2,1-2H3,(H,18,19)/b6-5+. The van der Waals surface area contributed by atoms with Crippen molar-refractivity contribution in [2.45, 2.75) is 32.9 Å². The summed E-state index contributed by atoms with van der Waals surface area (Å²) in [6, 6.07) is 2.17. The molecule has 0 heterocycles. The highest BCUT2D eigenvalue weighted by molar-refractivity contribution is 5.86. The molecule has 0 aromatic heterocycles. The molecule has 0 fully saturated rings. The van der Waals surface area contributed by atoms with E-state index >= 15 is 0 Å². The minimum atomic E-state index is -4.39. The van der Waals surface area contributed by atoms with E-state index in [-0.39, 0.29) is 0 Å². The van der Waals surface area contributed by atoms with Crippen molar-refractivity contribution >= 4 is 12.0 Å². The highest BCUT2D eigenvalue weighted by Gasteiger charge is 2.31. The van der Waals surface area contributed by atoms with Gasteiger partial charge in [-0.2, -0.15) is 13.2 Å². The van der Waals surface area contributed by atoms with Crippen molar-refractivity contribution in [3.8, 4) is 0 Å². The molecule has 1 N–H and O–H groups in total. The number of carbonyl (C=O) groups is 1. The van der Waals surface area contributed by atoms with Crippen molar-refractivity contribution in [2.75, 3.05) is 0 Å². The zero-order valence-electron chi connectivity index (χ0n) is 10.7. The number of halogens is 3. The molecule has 0 aliphatic heterocycles. The zero-order valence-corrected chi connectivity index (χ0v) is 10.7. The number of carboxylic acids is 1. The van der Waals surface area contributed by atoms with Gasteiger partial charge in [-0.15, -0.1) is 0 Å². The van der Waals surface area contributed by atoms with Crippen LogP contribution in [0.25, 0.3) is 6.08 Å². The quantitative estimate of drug-likeness (QED) is 0.843. The monoisotopic (exact) mass is 272 g/mol. The first kappa shape index (κ1) is 15.3. The molecular formula is C14H15F3O2. The van der Waals surface area contributed by atoms with Gasteiger partial charge in [-0.25, -0.2) is 4.79 Å². The Hall–Kier alpha value is -1.78. The van der Waals surface area contributed by atoms with E-state index in [1.165, 1.54) is 6.08 Å². The molecule has 0 atom stereocenters. The fourth-order valence-corrected chi connectivity index (χ4v) is 1.90. The average Bonchev–Trinajstić information content (AvgIpc) is 2.33. The highest BCUT2D eigenvalue weighted by atomic mass is 19.4. The second-order valence-corrected chi connectivity index (χ2v) is 4.08. The van der Waals surface area contributed by atoms with Gasteiger partial charge in [0.15, 0.2) is 0 Å². The number of carboxylic acid groups (broad SMARTS) is 1. The SMILES string of the molecule is CCc1cc(C(F)(F)F)cc(CC)c1/C=C/C(=O)O. The van der Waals surface area contributed by atoms with Crippen LogP contribution in [-0.2, 0) is 23.8 Å². The van der Waals surface area contributed by atoms with Crippen molar-refractivity contribution in [3.63, 3.8) is 0 Å². The number of aliphatic carboxylic acids is 1. The first-order valence-electron chi connectivity index (χ1n) is 5.93. The molecule has 0 amide bonds. The third-order valence-corrected chi connectivity index (χ3v) is 2.83. The largest absolute Gasteiger partial charge is 0.478 e. The number of hydrogen-bond acceptors (Lipinski definition) is 1. The van der Waals surface area contributed by atoms with Gasteiger partial charge in [0.25, 0.3) is 0 Å². The van der Waals surface area contributed by atoms with Crippen LogP contribution in [0.1, 0.15) is 36.1 Å².